The van der Waals surface area contributed by atoms with Crippen LogP contribution in [0, 0.1) is 0 Å². The number of hydroxylamine groups is 1. The van der Waals surface area contributed by atoms with Crippen molar-refractivity contribution in [3.63, 3.8) is 0 Å². The molecule has 0 aliphatic carbocycles. The summed E-state index contributed by atoms with van der Waals surface area (Å²) in [4.78, 5) is 63.4. The van der Waals surface area contributed by atoms with Gasteiger partial charge >= 0.3 is 17.8 Å². The van der Waals surface area contributed by atoms with Crippen LogP contribution in [-0.4, -0.2) is 84.1 Å². The molecule has 1 atom stereocenters. The summed E-state index contributed by atoms with van der Waals surface area (Å²) in [6.45, 7) is 6.70. The number of piperazine rings is 1. The summed E-state index contributed by atoms with van der Waals surface area (Å²) in [6.07, 6.45) is -2.52. The first kappa shape index (κ1) is 31.3. The molecule has 2 aromatic rings. The zero-order chi connectivity index (χ0) is 31.8. The molecule has 2 saturated heterocycles. The fourth-order valence-corrected chi connectivity index (χ4v) is 5.76. The van der Waals surface area contributed by atoms with Gasteiger partial charge in [-0.25, -0.2) is 9.59 Å². The number of hydrogen-bond donors (Lipinski definition) is 1. The predicted molar refractivity (Wildman–Crippen MR) is 158 cm³/mol. The molecule has 15 heteroatoms. The number of Topliss-reactive ketones (excluding diaryl/α,β-unsaturated/α-hetero) is 1. The fourth-order valence-electron chi connectivity index (χ4n) is 5.76. The van der Waals surface area contributed by atoms with Crippen molar-refractivity contribution in [2.75, 3.05) is 60.7 Å². The first-order valence-corrected chi connectivity index (χ1v) is 14.5. The molecule has 2 fully saturated rings. The van der Waals surface area contributed by atoms with Crippen molar-refractivity contribution in [3.05, 3.63) is 62.3 Å². The molecule has 3 aliphatic rings. The first-order valence-electron chi connectivity index (χ1n) is 14.5. The Balaban J connectivity index is 1.57. The van der Waals surface area contributed by atoms with E-state index < -0.39 is 42.0 Å². The zero-order valence-electron chi connectivity index (χ0n) is 24.9. The van der Waals surface area contributed by atoms with E-state index in [9.17, 15) is 32.3 Å². The van der Waals surface area contributed by atoms with Crippen LogP contribution >= 0.6 is 0 Å². The van der Waals surface area contributed by atoms with Crippen LogP contribution in [0.2, 0.25) is 0 Å². The number of nitrogens with zero attached hydrogens (tertiary/aromatic N) is 6. The van der Waals surface area contributed by atoms with Crippen LogP contribution in [0.4, 0.5) is 30.4 Å². The summed E-state index contributed by atoms with van der Waals surface area (Å²) >= 11 is 0. The molecule has 0 spiro atoms. The van der Waals surface area contributed by atoms with Gasteiger partial charge in [-0.2, -0.15) is 13.2 Å². The molecule has 44 heavy (non-hydrogen) atoms. The van der Waals surface area contributed by atoms with Crippen molar-refractivity contribution in [3.8, 4) is 0 Å². The second kappa shape index (κ2) is 12.5. The number of ketones is 1. The molecule has 0 bridgehead atoms. The van der Waals surface area contributed by atoms with E-state index in [0.29, 0.717) is 36.8 Å². The number of rotatable bonds is 8. The standard InChI is InChI=1S/C29H36F3N7O5/c1-19(2)10-15-37-23-24(39(44-26(42)29(30,31)32)27(37)36-16-11-33-12-17-36)34(3)28(43)38(25(23)41)18-22(40)20-6-8-21(9-7-20)35-13-4-5-14-35/h6-10,27,33H,4-5,11-18H2,1-3H3. The van der Waals surface area contributed by atoms with Gasteiger partial charge in [0.1, 0.15) is 0 Å². The number of anilines is 3. The normalized spacial score (nSPS) is 18.9. The third-order valence-corrected chi connectivity index (χ3v) is 8.03. The molecule has 238 valence electrons. The van der Waals surface area contributed by atoms with Gasteiger partial charge in [0, 0.05) is 64.1 Å². The molecule has 5 rings (SSSR count). The lowest BCUT2D eigenvalue weighted by molar-refractivity contribution is -0.203. The maximum atomic E-state index is 14.0. The highest BCUT2D eigenvalue weighted by Crippen LogP contribution is 2.38. The van der Waals surface area contributed by atoms with Gasteiger partial charge in [-0.15, -0.1) is 5.06 Å². The number of benzene rings is 1. The summed E-state index contributed by atoms with van der Waals surface area (Å²) in [5.74, 6) is -3.27. The number of alkyl halides is 3. The fraction of sp³-hybridized carbons (Fsp3) is 0.517. The summed E-state index contributed by atoms with van der Waals surface area (Å²) in [5, 5.41) is 3.86. The van der Waals surface area contributed by atoms with E-state index in [1.165, 1.54) is 11.9 Å². The molecule has 3 aliphatic heterocycles. The lowest BCUT2D eigenvalue weighted by atomic mass is 10.1. The Labute approximate surface area is 251 Å². The van der Waals surface area contributed by atoms with E-state index in [1.807, 2.05) is 26.0 Å². The van der Waals surface area contributed by atoms with Crippen molar-refractivity contribution >= 4 is 28.9 Å². The van der Waals surface area contributed by atoms with Crippen LogP contribution in [0.15, 0.2) is 45.5 Å². The third kappa shape index (κ3) is 6.11. The lowest BCUT2D eigenvalue weighted by Gasteiger charge is -2.40. The molecular weight excluding hydrogens is 583 g/mol. The quantitative estimate of drug-likeness (QED) is 0.347. The van der Waals surface area contributed by atoms with Crippen LogP contribution in [0.1, 0.15) is 37.0 Å². The summed E-state index contributed by atoms with van der Waals surface area (Å²) in [5.41, 5.74) is 0.189. The molecule has 0 radical (unpaired) electrons. The SMILES string of the molecule is CC(C)=CCN1c2c(n(C)c(=O)n(CC(=O)c3ccc(N4CCCC4)cc3)c2=O)N(OC(=O)C(F)(F)F)C1N1CCNCC1. The Morgan fingerprint density at radius 1 is 1.02 bits per heavy atom. The maximum Gasteiger partial charge on any atom is 0.493 e. The average molecular weight is 620 g/mol. The zero-order valence-corrected chi connectivity index (χ0v) is 24.9. The minimum absolute atomic E-state index is 0.0589. The smallest absolute Gasteiger partial charge is 0.372 e. The molecule has 1 aromatic heterocycles. The Morgan fingerprint density at radius 2 is 1.66 bits per heavy atom. The first-order chi connectivity index (χ1) is 20.9. The third-order valence-electron chi connectivity index (χ3n) is 8.03. The van der Waals surface area contributed by atoms with Crippen LogP contribution in [0.25, 0.3) is 0 Å². The number of halogens is 3. The van der Waals surface area contributed by atoms with Gasteiger partial charge < -0.3 is 20.0 Å². The van der Waals surface area contributed by atoms with Crippen molar-refractivity contribution < 1.29 is 27.6 Å². The molecule has 12 nitrogen and oxygen atoms in total. The number of fused-ring (bicyclic) bond motifs is 1. The summed E-state index contributed by atoms with van der Waals surface area (Å²) in [7, 11) is 1.26. The van der Waals surface area contributed by atoms with Crippen molar-refractivity contribution in [2.45, 2.75) is 45.7 Å². The second-order valence-corrected chi connectivity index (χ2v) is 11.3. The van der Waals surface area contributed by atoms with Gasteiger partial charge in [0.25, 0.3) is 5.56 Å². The number of carbonyl (C=O) groups is 2. The second-order valence-electron chi connectivity index (χ2n) is 11.3. The molecule has 0 saturated carbocycles. The van der Waals surface area contributed by atoms with Gasteiger partial charge in [-0.05, 0) is 51.0 Å². The predicted octanol–water partition coefficient (Wildman–Crippen LogP) is 1.83. The molecular formula is C29H36F3N7O5. The van der Waals surface area contributed by atoms with Crippen LogP contribution in [0.5, 0.6) is 0 Å². The van der Waals surface area contributed by atoms with E-state index in [2.05, 4.69) is 10.2 Å². The molecule has 1 unspecified atom stereocenters. The average Bonchev–Trinajstić information content (AvgIpc) is 3.64. The highest BCUT2D eigenvalue weighted by Gasteiger charge is 2.50. The van der Waals surface area contributed by atoms with Gasteiger partial charge in [-0.3, -0.25) is 23.6 Å². The minimum Gasteiger partial charge on any atom is -0.372 e. The Bertz CT molecular complexity index is 1550. The highest BCUT2D eigenvalue weighted by molar-refractivity contribution is 5.96. The van der Waals surface area contributed by atoms with Gasteiger partial charge in [0.15, 0.2) is 23.6 Å². The molecule has 0 amide bonds. The number of aromatic nitrogens is 2. The highest BCUT2D eigenvalue weighted by atomic mass is 19.4. The Morgan fingerprint density at radius 3 is 2.25 bits per heavy atom. The number of carbonyl (C=O) groups excluding carboxylic acids is 2. The summed E-state index contributed by atoms with van der Waals surface area (Å²) in [6, 6.07) is 6.96. The number of nitrogens with one attached hydrogen (secondary N) is 1. The summed E-state index contributed by atoms with van der Waals surface area (Å²) < 4.78 is 42.0. The molecule has 1 N–H and O–H groups in total. The Kier molecular flexibility index (Phi) is 8.88. The lowest BCUT2D eigenvalue weighted by Crippen LogP contribution is -2.61. The number of allylic oxidation sites excluding steroid dienone is 1. The minimum atomic E-state index is -5.33. The number of hydrogen-bond acceptors (Lipinski definition) is 10. The Hall–Kier alpha value is -4.11. The maximum absolute atomic E-state index is 14.0. The topological polar surface area (TPSA) is 112 Å². The van der Waals surface area contributed by atoms with Gasteiger partial charge in [0.2, 0.25) is 0 Å². The monoisotopic (exact) mass is 619 g/mol. The molecule has 1 aromatic carbocycles. The van der Waals surface area contributed by atoms with Gasteiger partial charge in [-0.1, -0.05) is 11.6 Å². The van der Waals surface area contributed by atoms with E-state index in [4.69, 9.17) is 4.84 Å². The van der Waals surface area contributed by atoms with Crippen molar-refractivity contribution in [2.24, 2.45) is 7.05 Å². The van der Waals surface area contributed by atoms with E-state index >= 15 is 0 Å². The largest absolute Gasteiger partial charge is 0.493 e. The van der Waals surface area contributed by atoms with E-state index in [0.717, 1.165) is 46.3 Å². The van der Waals surface area contributed by atoms with E-state index in [-0.39, 0.29) is 18.1 Å². The van der Waals surface area contributed by atoms with Crippen LogP contribution in [0.3, 0.4) is 0 Å². The van der Waals surface area contributed by atoms with Gasteiger partial charge in [0.05, 0.1) is 6.54 Å². The van der Waals surface area contributed by atoms with E-state index in [1.54, 1.807) is 23.1 Å². The molecule has 4 heterocycles. The van der Waals surface area contributed by atoms with Crippen molar-refractivity contribution in [1.29, 1.82) is 0 Å². The van der Waals surface area contributed by atoms with Crippen LogP contribution < -0.4 is 31.4 Å². The van der Waals surface area contributed by atoms with Crippen molar-refractivity contribution in [1.82, 2.24) is 19.4 Å². The van der Waals surface area contributed by atoms with Crippen LogP contribution in [-0.2, 0) is 23.2 Å².